The summed E-state index contributed by atoms with van der Waals surface area (Å²) >= 11 is 0. The first-order valence-corrected chi connectivity index (χ1v) is 6.12. The molecule has 0 saturated carbocycles. The summed E-state index contributed by atoms with van der Waals surface area (Å²) in [6, 6.07) is 15.3. The van der Waals surface area contributed by atoms with Crippen LogP contribution >= 0.6 is 0 Å². The van der Waals surface area contributed by atoms with Crippen molar-refractivity contribution >= 4 is 16.3 Å². The zero-order valence-corrected chi connectivity index (χ0v) is 9.45. The minimum Gasteiger partial charge on any atom is -0.0807 e. The van der Waals surface area contributed by atoms with Gasteiger partial charge in [0.25, 0.3) is 0 Å². The molecule has 3 rings (SSSR count). The Morgan fingerprint density at radius 2 is 1.69 bits per heavy atom. The minimum absolute atomic E-state index is 1.24. The molecule has 0 fully saturated rings. The van der Waals surface area contributed by atoms with Crippen molar-refractivity contribution in [1.82, 2.24) is 0 Å². The third-order valence-corrected chi connectivity index (χ3v) is 3.43. The standard InChI is InChI=1S/C16H16/c1-2-7-13(8-3-1)16-12-6-10-14-9-4-5-11-15(14)16/h4-7,9-12H,1-3,8H2. The molecule has 0 bridgehead atoms. The summed E-state index contributed by atoms with van der Waals surface area (Å²) in [5.74, 6) is 0. The van der Waals surface area contributed by atoms with Crippen molar-refractivity contribution in [2.75, 3.05) is 0 Å². The van der Waals surface area contributed by atoms with Crippen molar-refractivity contribution in [3.05, 3.63) is 54.1 Å². The molecule has 2 aromatic carbocycles. The molecule has 1 aliphatic rings. The van der Waals surface area contributed by atoms with Gasteiger partial charge in [0.1, 0.15) is 0 Å². The van der Waals surface area contributed by atoms with Gasteiger partial charge in [-0.25, -0.2) is 0 Å². The number of hydrogen-bond acceptors (Lipinski definition) is 0. The van der Waals surface area contributed by atoms with Crippen molar-refractivity contribution in [2.45, 2.75) is 25.7 Å². The molecular formula is C16H16. The Labute approximate surface area is 96.6 Å². The molecule has 0 unspecified atom stereocenters. The fraction of sp³-hybridized carbons (Fsp3) is 0.250. The van der Waals surface area contributed by atoms with E-state index in [-0.39, 0.29) is 0 Å². The van der Waals surface area contributed by atoms with E-state index >= 15 is 0 Å². The average molecular weight is 208 g/mol. The smallest absolute Gasteiger partial charge is 0.0109 e. The van der Waals surface area contributed by atoms with E-state index in [0.29, 0.717) is 0 Å². The van der Waals surface area contributed by atoms with Gasteiger partial charge in [0.2, 0.25) is 0 Å². The predicted molar refractivity (Wildman–Crippen MR) is 70.4 cm³/mol. The quantitative estimate of drug-likeness (QED) is 0.631. The van der Waals surface area contributed by atoms with Crippen molar-refractivity contribution < 1.29 is 0 Å². The third kappa shape index (κ3) is 1.65. The van der Waals surface area contributed by atoms with Crippen LogP contribution in [0.5, 0.6) is 0 Å². The van der Waals surface area contributed by atoms with Crippen LogP contribution in [0.4, 0.5) is 0 Å². The lowest BCUT2D eigenvalue weighted by Gasteiger charge is -2.14. The number of benzene rings is 2. The van der Waals surface area contributed by atoms with Gasteiger partial charge in [0.05, 0.1) is 0 Å². The third-order valence-electron chi connectivity index (χ3n) is 3.43. The number of rotatable bonds is 1. The lowest BCUT2D eigenvalue weighted by atomic mass is 9.90. The van der Waals surface area contributed by atoms with E-state index in [1.54, 1.807) is 5.57 Å². The number of fused-ring (bicyclic) bond motifs is 1. The van der Waals surface area contributed by atoms with E-state index < -0.39 is 0 Å². The van der Waals surface area contributed by atoms with Gasteiger partial charge in [0, 0.05) is 0 Å². The summed E-state index contributed by atoms with van der Waals surface area (Å²) in [6.45, 7) is 0. The monoisotopic (exact) mass is 208 g/mol. The van der Waals surface area contributed by atoms with Gasteiger partial charge in [-0.1, -0.05) is 48.5 Å². The maximum absolute atomic E-state index is 2.42. The molecule has 0 spiro atoms. The number of hydrogen-bond donors (Lipinski definition) is 0. The molecule has 0 aliphatic heterocycles. The van der Waals surface area contributed by atoms with E-state index in [1.165, 1.54) is 42.0 Å². The second kappa shape index (κ2) is 4.13. The highest BCUT2D eigenvalue weighted by molar-refractivity contribution is 5.93. The normalized spacial score (nSPS) is 16.1. The first-order valence-electron chi connectivity index (χ1n) is 6.12. The highest BCUT2D eigenvalue weighted by atomic mass is 14.1. The van der Waals surface area contributed by atoms with Gasteiger partial charge in [-0.2, -0.15) is 0 Å². The summed E-state index contributed by atoms with van der Waals surface area (Å²) in [7, 11) is 0. The Hall–Kier alpha value is -1.56. The largest absolute Gasteiger partial charge is 0.0807 e. The van der Waals surface area contributed by atoms with Crippen LogP contribution in [-0.4, -0.2) is 0 Å². The summed E-state index contributed by atoms with van der Waals surface area (Å²) in [4.78, 5) is 0. The molecule has 0 heteroatoms. The van der Waals surface area contributed by atoms with Gasteiger partial charge in [-0.15, -0.1) is 0 Å². The Morgan fingerprint density at radius 1 is 0.812 bits per heavy atom. The van der Waals surface area contributed by atoms with Gasteiger partial charge >= 0.3 is 0 Å². The highest BCUT2D eigenvalue weighted by Gasteiger charge is 2.08. The first kappa shape index (κ1) is 9.65. The summed E-state index contributed by atoms with van der Waals surface area (Å²) in [6.07, 6.45) is 7.61. The number of allylic oxidation sites excluding steroid dienone is 2. The van der Waals surface area contributed by atoms with Crippen LogP contribution in [0, 0.1) is 0 Å². The second-order valence-corrected chi connectivity index (χ2v) is 4.50. The predicted octanol–water partition coefficient (Wildman–Crippen LogP) is 4.80. The van der Waals surface area contributed by atoms with Crippen LogP contribution in [0.25, 0.3) is 16.3 Å². The second-order valence-electron chi connectivity index (χ2n) is 4.50. The Bertz CT molecular complexity index is 529. The van der Waals surface area contributed by atoms with Crippen molar-refractivity contribution in [3.8, 4) is 0 Å². The topological polar surface area (TPSA) is 0 Å². The molecule has 0 aromatic heterocycles. The summed E-state index contributed by atoms with van der Waals surface area (Å²) in [5, 5.41) is 2.75. The van der Waals surface area contributed by atoms with E-state index in [9.17, 15) is 0 Å². The van der Waals surface area contributed by atoms with E-state index in [0.717, 1.165) is 0 Å². The van der Waals surface area contributed by atoms with Gasteiger partial charge < -0.3 is 0 Å². The van der Waals surface area contributed by atoms with Crippen LogP contribution in [0.3, 0.4) is 0 Å². The van der Waals surface area contributed by atoms with Crippen molar-refractivity contribution in [1.29, 1.82) is 0 Å². The van der Waals surface area contributed by atoms with Gasteiger partial charge in [-0.3, -0.25) is 0 Å². The Kier molecular flexibility index (Phi) is 2.49. The van der Waals surface area contributed by atoms with Crippen molar-refractivity contribution in [3.63, 3.8) is 0 Å². The summed E-state index contributed by atoms with van der Waals surface area (Å²) < 4.78 is 0. The SMILES string of the molecule is C1=C(c2cccc3ccccc23)CCCC1. The van der Waals surface area contributed by atoms with E-state index in [2.05, 4.69) is 48.5 Å². The van der Waals surface area contributed by atoms with Crippen LogP contribution in [-0.2, 0) is 0 Å². The zero-order valence-electron chi connectivity index (χ0n) is 9.45. The molecular weight excluding hydrogens is 192 g/mol. The zero-order chi connectivity index (χ0) is 10.8. The molecule has 0 nitrogen and oxygen atoms in total. The molecule has 1 aliphatic carbocycles. The maximum Gasteiger partial charge on any atom is -0.0109 e. The molecule has 0 atom stereocenters. The minimum atomic E-state index is 1.24. The Morgan fingerprint density at radius 3 is 2.56 bits per heavy atom. The molecule has 80 valence electrons. The molecule has 0 saturated heterocycles. The maximum atomic E-state index is 2.42. The molecule has 0 radical (unpaired) electrons. The fourth-order valence-corrected chi connectivity index (χ4v) is 2.59. The molecule has 16 heavy (non-hydrogen) atoms. The molecule has 2 aromatic rings. The van der Waals surface area contributed by atoms with Crippen molar-refractivity contribution in [2.24, 2.45) is 0 Å². The highest BCUT2D eigenvalue weighted by Crippen LogP contribution is 2.31. The van der Waals surface area contributed by atoms with Gasteiger partial charge in [-0.05, 0) is 47.6 Å². The lowest BCUT2D eigenvalue weighted by Crippen LogP contribution is -1.92. The van der Waals surface area contributed by atoms with E-state index in [4.69, 9.17) is 0 Å². The molecule has 0 amide bonds. The van der Waals surface area contributed by atoms with E-state index in [1.807, 2.05) is 0 Å². The molecule has 0 heterocycles. The van der Waals surface area contributed by atoms with Crippen LogP contribution in [0.2, 0.25) is 0 Å². The van der Waals surface area contributed by atoms with Gasteiger partial charge in [0.15, 0.2) is 0 Å². The average Bonchev–Trinajstić information content (AvgIpc) is 2.39. The molecule has 0 N–H and O–H groups in total. The lowest BCUT2D eigenvalue weighted by molar-refractivity contribution is 0.742. The summed E-state index contributed by atoms with van der Waals surface area (Å²) in [5.41, 5.74) is 2.99. The Balaban J connectivity index is 2.19. The fourth-order valence-electron chi connectivity index (χ4n) is 2.59. The first-order chi connectivity index (χ1) is 7.95. The van der Waals surface area contributed by atoms with Crippen LogP contribution in [0.1, 0.15) is 31.2 Å². The van der Waals surface area contributed by atoms with Crippen LogP contribution < -0.4 is 0 Å². The van der Waals surface area contributed by atoms with Crippen LogP contribution in [0.15, 0.2) is 48.5 Å².